The molecule has 2 aliphatic rings. The van der Waals surface area contributed by atoms with Crippen LogP contribution >= 0.6 is 12.4 Å². The fraction of sp³-hybridized carbons (Fsp3) is 0.917. The average Bonchev–Trinajstić information content (AvgIpc) is 2.52. The molecular weight excluding hydrogens is 224 g/mol. The highest BCUT2D eigenvalue weighted by Crippen LogP contribution is 2.26. The summed E-state index contributed by atoms with van der Waals surface area (Å²) in [7, 11) is 0. The second-order valence-corrected chi connectivity index (χ2v) is 5.07. The minimum Gasteiger partial charge on any atom is -0.336 e. The molecule has 1 amide bonds. The molecule has 1 aliphatic heterocycles. The van der Waals surface area contributed by atoms with E-state index in [1.807, 2.05) is 0 Å². The van der Waals surface area contributed by atoms with Crippen LogP contribution in [0, 0.1) is 0 Å². The summed E-state index contributed by atoms with van der Waals surface area (Å²) in [5.41, 5.74) is 0. The number of amides is 1. The van der Waals surface area contributed by atoms with Gasteiger partial charge in [0.1, 0.15) is 0 Å². The smallest absolute Gasteiger partial charge is 0.240 e. The minimum absolute atomic E-state index is 0. The van der Waals surface area contributed by atoms with E-state index in [1.165, 1.54) is 25.7 Å². The number of carbonyl (C=O) groups excluding carboxylic acids is 1. The quantitative estimate of drug-likeness (QED) is 0.826. The van der Waals surface area contributed by atoms with Crippen molar-refractivity contribution in [3.8, 4) is 0 Å². The van der Waals surface area contributed by atoms with Gasteiger partial charge in [-0.25, -0.2) is 0 Å². The third-order valence-electron chi connectivity index (χ3n) is 3.65. The molecule has 0 bridgehead atoms. The van der Waals surface area contributed by atoms with E-state index in [4.69, 9.17) is 0 Å². The Balaban J connectivity index is 0.00000128. The molecule has 0 aromatic heterocycles. The molecule has 3 nitrogen and oxygen atoms in total. The van der Waals surface area contributed by atoms with Crippen molar-refractivity contribution < 1.29 is 4.79 Å². The topological polar surface area (TPSA) is 32.3 Å². The lowest BCUT2D eigenvalue weighted by Crippen LogP contribution is -2.58. The van der Waals surface area contributed by atoms with Gasteiger partial charge in [-0.15, -0.1) is 12.4 Å². The Bertz CT molecular complexity index is 235. The van der Waals surface area contributed by atoms with Crippen LogP contribution in [0.3, 0.4) is 0 Å². The Hall–Kier alpha value is -0.280. The first-order chi connectivity index (χ1) is 7.20. The van der Waals surface area contributed by atoms with Gasteiger partial charge in [-0.2, -0.15) is 0 Å². The lowest BCUT2D eigenvalue weighted by Gasteiger charge is -2.38. The molecule has 1 saturated carbocycles. The fourth-order valence-corrected chi connectivity index (χ4v) is 2.72. The molecule has 2 rings (SSSR count). The Morgan fingerprint density at radius 2 is 1.81 bits per heavy atom. The van der Waals surface area contributed by atoms with Gasteiger partial charge in [0.25, 0.3) is 0 Å². The summed E-state index contributed by atoms with van der Waals surface area (Å²) in [6.07, 6.45) is 6.01. The van der Waals surface area contributed by atoms with Crippen LogP contribution < -0.4 is 5.32 Å². The number of rotatable bonds is 3. The van der Waals surface area contributed by atoms with E-state index in [9.17, 15) is 4.79 Å². The molecule has 0 radical (unpaired) electrons. The van der Waals surface area contributed by atoms with Crippen LogP contribution in [-0.2, 0) is 4.79 Å². The molecular formula is C12H23ClN2O. The van der Waals surface area contributed by atoms with Crippen molar-refractivity contribution >= 4 is 18.3 Å². The molecule has 0 aromatic rings. The molecule has 1 atom stereocenters. The molecule has 16 heavy (non-hydrogen) atoms. The molecule has 0 spiro atoms. The van der Waals surface area contributed by atoms with Crippen molar-refractivity contribution in [2.75, 3.05) is 6.54 Å². The van der Waals surface area contributed by atoms with Gasteiger partial charge in [0, 0.05) is 12.1 Å². The Morgan fingerprint density at radius 1 is 1.25 bits per heavy atom. The largest absolute Gasteiger partial charge is 0.336 e. The van der Waals surface area contributed by atoms with Crippen LogP contribution in [0.2, 0.25) is 0 Å². The summed E-state index contributed by atoms with van der Waals surface area (Å²) in [4.78, 5) is 14.3. The van der Waals surface area contributed by atoms with Crippen LogP contribution in [0.15, 0.2) is 0 Å². The molecule has 94 valence electrons. The summed E-state index contributed by atoms with van der Waals surface area (Å²) < 4.78 is 0. The third kappa shape index (κ3) is 2.69. The van der Waals surface area contributed by atoms with Gasteiger partial charge in [-0.1, -0.05) is 12.8 Å². The Kier molecular flexibility index (Phi) is 5.06. The summed E-state index contributed by atoms with van der Waals surface area (Å²) in [6, 6.07) is 0.982. The van der Waals surface area contributed by atoms with Crippen molar-refractivity contribution in [3.63, 3.8) is 0 Å². The lowest BCUT2D eigenvalue weighted by molar-refractivity contribution is -0.139. The molecule has 1 aliphatic carbocycles. The van der Waals surface area contributed by atoms with E-state index in [0.717, 1.165) is 13.0 Å². The summed E-state index contributed by atoms with van der Waals surface area (Å²) in [6.45, 7) is 5.27. The van der Waals surface area contributed by atoms with Crippen LogP contribution in [0.4, 0.5) is 0 Å². The van der Waals surface area contributed by atoms with Crippen molar-refractivity contribution in [1.82, 2.24) is 10.2 Å². The van der Waals surface area contributed by atoms with Crippen molar-refractivity contribution in [2.45, 2.75) is 64.1 Å². The van der Waals surface area contributed by atoms with Crippen LogP contribution in [0.25, 0.3) is 0 Å². The normalized spacial score (nSPS) is 25.1. The predicted octanol–water partition coefficient (Wildman–Crippen LogP) is 1.95. The minimum atomic E-state index is 0. The highest BCUT2D eigenvalue weighted by atomic mass is 35.5. The van der Waals surface area contributed by atoms with Gasteiger partial charge in [0.2, 0.25) is 5.91 Å². The molecule has 0 aromatic carbocycles. The molecule has 1 heterocycles. The number of hydrogen-bond acceptors (Lipinski definition) is 2. The molecule has 0 unspecified atom stereocenters. The second kappa shape index (κ2) is 5.87. The standard InChI is InChI=1S/C12H22N2O.ClH/c1-9(2)14(10-5-3-4-6-10)12(15)11-7-8-13-11;/h9-11,13H,3-8H2,1-2H3;1H/t11-;/m1./s1. The Morgan fingerprint density at radius 3 is 2.19 bits per heavy atom. The van der Waals surface area contributed by atoms with Crippen LogP contribution in [0.5, 0.6) is 0 Å². The predicted molar refractivity (Wildman–Crippen MR) is 67.9 cm³/mol. The van der Waals surface area contributed by atoms with Gasteiger partial charge in [-0.3, -0.25) is 4.79 Å². The van der Waals surface area contributed by atoms with Crippen molar-refractivity contribution in [3.05, 3.63) is 0 Å². The maximum Gasteiger partial charge on any atom is 0.240 e. The number of hydrogen-bond donors (Lipinski definition) is 1. The van der Waals surface area contributed by atoms with Crippen LogP contribution in [0.1, 0.15) is 46.0 Å². The van der Waals surface area contributed by atoms with Crippen LogP contribution in [-0.4, -0.2) is 35.5 Å². The molecule has 4 heteroatoms. The highest BCUT2D eigenvalue weighted by Gasteiger charge is 2.35. The van der Waals surface area contributed by atoms with Gasteiger partial charge < -0.3 is 10.2 Å². The summed E-state index contributed by atoms with van der Waals surface area (Å²) in [5, 5.41) is 3.21. The van der Waals surface area contributed by atoms with Crippen molar-refractivity contribution in [1.29, 1.82) is 0 Å². The van der Waals surface area contributed by atoms with Gasteiger partial charge in [-0.05, 0) is 39.7 Å². The number of nitrogens with zero attached hydrogens (tertiary/aromatic N) is 1. The van der Waals surface area contributed by atoms with Crippen molar-refractivity contribution in [2.24, 2.45) is 0 Å². The zero-order valence-electron chi connectivity index (χ0n) is 10.2. The first kappa shape index (κ1) is 13.8. The highest BCUT2D eigenvalue weighted by molar-refractivity contribution is 5.85. The van der Waals surface area contributed by atoms with E-state index in [0.29, 0.717) is 18.0 Å². The molecule has 1 N–H and O–H groups in total. The fourth-order valence-electron chi connectivity index (χ4n) is 2.72. The van der Waals surface area contributed by atoms with E-state index in [2.05, 4.69) is 24.1 Å². The third-order valence-corrected chi connectivity index (χ3v) is 3.65. The number of carbonyl (C=O) groups is 1. The van der Waals surface area contributed by atoms with Gasteiger partial charge >= 0.3 is 0 Å². The zero-order valence-corrected chi connectivity index (χ0v) is 11.1. The second-order valence-electron chi connectivity index (χ2n) is 5.07. The van der Waals surface area contributed by atoms with Gasteiger partial charge in [0.05, 0.1) is 6.04 Å². The summed E-state index contributed by atoms with van der Waals surface area (Å²) in [5.74, 6) is 0.336. The summed E-state index contributed by atoms with van der Waals surface area (Å²) >= 11 is 0. The average molecular weight is 247 g/mol. The van der Waals surface area contributed by atoms with E-state index in [-0.39, 0.29) is 18.4 Å². The van der Waals surface area contributed by atoms with Gasteiger partial charge in [0.15, 0.2) is 0 Å². The maximum absolute atomic E-state index is 12.2. The molecule has 2 fully saturated rings. The first-order valence-electron chi connectivity index (χ1n) is 6.25. The maximum atomic E-state index is 12.2. The lowest BCUT2D eigenvalue weighted by atomic mass is 10.0. The number of halogens is 1. The van der Waals surface area contributed by atoms with E-state index in [1.54, 1.807) is 0 Å². The number of nitrogens with one attached hydrogen (secondary N) is 1. The molecule has 1 saturated heterocycles. The first-order valence-corrected chi connectivity index (χ1v) is 6.25. The van der Waals surface area contributed by atoms with E-state index < -0.39 is 0 Å². The van der Waals surface area contributed by atoms with E-state index >= 15 is 0 Å². The monoisotopic (exact) mass is 246 g/mol. The SMILES string of the molecule is CC(C)N(C(=O)[C@H]1CCN1)C1CCCC1.Cl. The Labute approximate surface area is 104 Å². The zero-order chi connectivity index (χ0) is 10.8.